The predicted octanol–water partition coefficient (Wildman–Crippen LogP) is 4.80. The Bertz CT molecular complexity index is 528. The molecule has 0 amide bonds. The Kier molecular flexibility index (Phi) is 3.72. The van der Waals surface area contributed by atoms with Crippen molar-refractivity contribution in [2.75, 3.05) is 0 Å². The molecule has 4 atom stereocenters. The van der Waals surface area contributed by atoms with Gasteiger partial charge in [0.2, 0.25) is 0 Å². The molecule has 4 unspecified atom stereocenters. The van der Waals surface area contributed by atoms with Crippen LogP contribution in [0.2, 0.25) is 0 Å². The number of hydrogen-bond donors (Lipinski definition) is 1. The minimum atomic E-state index is -0.278. The van der Waals surface area contributed by atoms with E-state index in [0.717, 1.165) is 24.7 Å². The molecule has 1 N–H and O–H groups in total. The summed E-state index contributed by atoms with van der Waals surface area (Å²) in [5, 5.41) is 10.5. The summed E-state index contributed by atoms with van der Waals surface area (Å²) < 4.78 is 2.60. The van der Waals surface area contributed by atoms with Gasteiger partial charge in [-0.25, -0.2) is 0 Å². The number of rotatable bonds is 1. The number of aliphatic hydroxyl groups is 1. The zero-order valence-electron chi connectivity index (χ0n) is 14.3. The largest absolute Gasteiger partial charge is 0.388 e. The lowest BCUT2D eigenvalue weighted by molar-refractivity contribution is 0.0948. The third-order valence-corrected chi connectivity index (χ3v) is 6.11. The maximum atomic E-state index is 10.5. The van der Waals surface area contributed by atoms with Crippen LogP contribution in [-0.2, 0) is 6.42 Å². The zero-order valence-corrected chi connectivity index (χ0v) is 14.3. The first-order valence-electron chi connectivity index (χ1n) is 8.69. The monoisotopic (exact) mass is 289 g/mol. The Morgan fingerprint density at radius 1 is 1.24 bits per heavy atom. The number of aryl methyl sites for hydroxylation is 1. The van der Waals surface area contributed by atoms with Crippen molar-refractivity contribution in [3.05, 3.63) is 23.0 Å². The average Bonchev–Trinajstić information content (AvgIpc) is 2.69. The van der Waals surface area contributed by atoms with Gasteiger partial charge in [0.05, 0.1) is 6.10 Å². The van der Waals surface area contributed by atoms with Crippen LogP contribution in [0.25, 0.3) is 0 Å². The Labute approximate surface area is 129 Å². The van der Waals surface area contributed by atoms with Gasteiger partial charge in [-0.15, -0.1) is 0 Å². The molecule has 118 valence electrons. The molecule has 0 aliphatic heterocycles. The zero-order chi connectivity index (χ0) is 15.4. The molecule has 0 aromatic carbocycles. The lowest BCUT2D eigenvalue weighted by atomic mass is 9.74. The molecule has 1 fully saturated rings. The van der Waals surface area contributed by atoms with Gasteiger partial charge in [0.1, 0.15) is 0 Å². The van der Waals surface area contributed by atoms with Crippen LogP contribution in [0.15, 0.2) is 6.07 Å². The molecule has 2 aliphatic rings. The molecule has 0 saturated heterocycles. The molecule has 1 saturated carbocycles. The molecule has 21 heavy (non-hydrogen) atoms. The van der Waals surface area contributed by atoms with Gasteiger partial charge in [-0.3, -0.25) is 0 Å². The number of aromatic nitrogens is 1. The third kappa shape index (κ3) is 2.56. The van der Waals surface area contributed by atoms with Crippen molar-refractivity contribution in [1.82, 2.24) is 4.57 Å². The van der Waals surface area contributed by atoms with E-state index in [9.17, 15) is 5.11 Å². The smallest absolute Gasteiger partial charge is 0.0812 e. The quantitative estimate of drug-likeness (QED) is 0.789. The van der Waals surface area contributed by atoms with Crippen LogP contribution in [0.5, 0.6) is 0 Å². The second-order valence-corrected chi connectivity index (χ2v) is 8.45. The summed E-state index contributed by atoms with van der Waals surface area (Å²) >= 11 is 0. The summed E-state index contributed by atoms with van der Waals surface area (Å²) in [7, 11) is 0. The Morgan fingerprint density at radius 3 is 2.67 bits per heavy atom. The molecular formula is C19H31NO. The van der Waals surface area contributed by atoms with E-state index in [1.807, 2.05) is 0 Å². The highest BCUT2D eigenvalue weighted by Gasteiger charge is 2.37. The van der Waals surface area contributed by atoms with Crippen LogP contribution in [0.1, 0.15) is 82.5 Å². The number of hydrogen-bond acceptors (Lipinski definition) is 1. The fourth-order valence-electron chi connectivity index (χ4n) is 4.74. The van der Waals surface area contributed by atoms with Crippen molar-refractivity contribution < 1.29 is 5.11 Å². The molecule has 0 radical (unpaired) electrons. The lowest BCUT2D eigenvalue weighted by Gasteiger charge is -2.40. The van der Waals surface area contributed by atoms with Crippen molar-refractivity contribution >= 4 is 0 Å². The van der Waals surface area contributed by atoms with Crippen molar-refractivity contribution in [3.8, 4) is 0 Å². The van der Waals surface area contributed by atoms with E-state index < -0.39 is 0 Å². The predicted molar refractivity (Wildman–Crippen MR) is 87.4 cm³/mol. The second-order valence-electron chi connectivity index (χ2n) is 8.45. The van der Waals surface area contributed by atoms with E-state index >= 15 is 0 Å². The molecule has 0 spiro atoms. The summed E-state index contributed by atoms with van der Waals surface area (Å²) in [6.07, 6.45) is 5.72. The highest BCUT2D eigenvalue weighted by atomic mass is 16.3. The summed E-state index contributed by atoms with van der Waals surface area (Å²) in [6.45, 7) is 11.6. The first-order valence-corrected chi connectivity index (χ1v) is 8.69. The van der Waals surface area contributed by atoms with Crippen LogP contribution >= 0.6 is 0 Å². The van der Waals surface area contributed by atoms with E-state index in [1.54, 1.807) is 0 Å². The number of aliphatic hydroxyl groups excluding tert-OH is 1. The molecule has 1 heterocycles. The van der Waals surface area contributed by atoms with Gasteiger partial charge in [0, 0.05) is 23.0 Å². The maximum Gasteiger partial charge on any atom is 0.0812 e. The molecule has 3 rings (SSSR count). The topological polar surface area (TPSA) is 25.2 Å². The minimum Gasteiger partial charge on any atom is -0.388 e. The first kappa shape index (κ1) is 15.1. The minimum absolute atomic E-state index is 0.207. The molecular weight excluding hydrogens is 258 g/mol. The van der Waals surface area contributed by atoms with Gasteiger partial charge < -0.3 is 9.67 Å². The van der Waals surface area contributed by atoms with Crippen LogP contribution < -0.4 is 0 Å². The summed E-state index contributed by atoms with van der Waals surface area (Å²) in [5.74, 6) is 1.54. The van der Waals surface area contributed by atoms with Crippen LogP contribution in [0.3, 0.4) is 0 Å². The lowest BCUT2D eigenvalue weighted by Crippen LogP contribution is -2.32. The highest BCUT2D eigenvalue weighted by Crippen LogP contribution is 2.46. The Hall–Kier alpha value is -0.760. The van der Waals surface area contributed by atoms with Gasteiger partial charge in [-0.1, -0.05) is 40.5 Å². The standard InChI is InChI=1S/C19H31NO/c1-12-7-6-8-16(14(12)3)20-13(2)9-15-17(20)10-19(4,5)11-18(15)21/h9,12,14,16,18,21H,6-8,10-11H2,1-5H3. The molecule has 0 bridgehead atoms. The van der Waals surface area contributed by atoms with Gasteiger partial charge in [0.15, 0.2) is 0 Å². The highest BCUT2D eigenvalue weighted by molar-refractivity contribution is 5.34. The summed E-state index contributed by atoms with van der Waals surface area (Å²) in [6, 6.07) is 2.87. The summed E-state index contributed by atoms with van der Waals surface area (Å²) in [5.41, 5.74) is 4.18. The Morgan fingerprint density at radius 2 is 1.95 bits per heavy atom. The Balaban J connectivity index is 2.04. The van der Waals surface area contributed by atoms with E-state index in [4.69, 9.17) is 0 Å². The van der Waals surface area contributed by atoms with E-state index in [2.05, 4.69) is 45.3 Å². The third-order valence-electron chi connectivity index (χ3n) is 6.11. The van der Waals surface area contributed by atoms with Crippen LogP contribution in [0.4, 0.5) is 0 Å². The first-order chi connectivity index (χ1) is 9.80. The van der Waals surface area contributed by atoms with Crippen LogP contribution in [-0.4, -0.2) is 9.67 Å². The van der Waals surface area contributed by atoms with Gasteiger partial charge >= 0.3 is 0 Å². The van der Waals surface area contributed by atoms with E-state index in [1.165, 1.54) is 36.2 Å². The van der Waals surface area contributed by atoms with E-state index in [0.29, 0.717) is 6.04 Å². The molecule has 2 nitrogen and oxygen atoms in total. The second kappa shape index (κ2) is 5.15. The van der Waals surface area contributed by atoms with E-state index in [-0.39, 0.29) is 11.5 Å². The molecule has 2 heteroatoms. The SMILES string of the molecule is Cc1cc2c(n1C1CCCC(C)C1C)CC(C)(C)CC2O. The molecule has 1 aromatic heterocycles. The fraction of sp³-hybridized carbons (Fsp3) is 0.789. The van der Waals surface area contributed by atoms with Crippen molar-refractivity contribution in [1.29, 1.82) is 0 Å². The molecule has 1 aromatic rings. The maximum absolute atomic E-state index is 10.5. The van der Waals surface area contributed by atoms with Crippen molar-refractivity contribution in [3.63, 3.8) is 0 Å². The van der Waals surface area contributed by atoms with Gasteiger partial charge in [0.25, 0.3) is 0 Å². The van der Waals surface area contributed by atoms with Gasteiger partial charge in [-0.05, 0) is 49.5 Å². The van der Waals surface area contributed by atoms with Crippen molar-refractivity contribution in [2.45, 2.75) is 78.9 Å². The average molecular weight is 289 g/mol. The number of nitrogens with zero attached hydrogens (tertiary/aromatic N) is 1. The van der Waals surface area contributed by atoms with Gasteiger partial charge in [-0.2, -0.15) is 0 Å². The fourth-order valence-corrected chi connectivity index (χ4v) is 4.74. The van der Waals surface area contributed by atoms with Crippen molar-refractivity contribution in [2.24, 2.45) is 17.3 Å². The molecule has 2 aliphatic carbocycles. The van der Waals surface area contributed by atoms with Crippen LogP contribution in [0, 0.1) is 24.2 Å². The normalized spacial score (nSPS) is 35.5. The summed E-state index contributed by atoms with van der Waals surface area (Å²) in [4.78, 5) is 0. The number of fused-ring (bicyclic) bond motifs is 1.